The molecule has 3 nitrogen and oxygen atoms in total. The van der Waals surface area contributed by atoms with Gasteiger partial charge in [-0.15, -0.1) is 0 Å². The second-order valence-corrected chi connectivity index (χ2v) is 4.75. The van der Waals surface area contributed by atoms with Crippen molar-refractivity contribution in [3.05, 3.63) is 0 Å². The Morgan fingerprint density at radius 1 is 1.29 bits per heavy atom. The summed E-state index contributed by atoms with van der Waals surface area (Å²) >= 11 is 0. The third-order valence-electron chi connectivity index (χ3n) is 3.45. The molecule has 0 aromatic rings. The van der Waals surface area contributed by atoms with Crippen molar-refractivity contribution in [2.75, 3.05) is 26.7 Å². The molecule has 0 aromatic heterocycles. The Bertz CT molecular complexity index is 157. The molecule has 3 atom stereocenters. The predicted molar refractivity (Wildman–Crippen MR) is 61.4 cm³/mol. The van der Waals surface area contributed by atoms with Crippen LogP contribution in [0.3, 0.4) is 0 Å². The normalized spacial score (nSPS) is 33.2. The molecule has 1 fully saturated rings. The fourth-order valence-corrected chi connectivity index (χ4v) is 2.12. The molecule has 1 aliphatic rings. The number of piperazine rings is 1. The van der Waals surface area contributed by atoms with Crippen molar-refractivity contribution < 1.29 is 0 Å². The van der Waals surface area contributed by atoms with Gasteiger partial charge in [-0.3, -0.25) is 9.80 Å². The number of hydrogen-bond acceptors (Lipinski definition) is 3. The largest absolute Gasteiger partial charge is 0.327 e. The first kappa shape index (κ1) is 12.0. The molecule has 1 aliphatic heterocycles. The van der Waals surface area contributed by atoms with Crippen LogP contribution in [0.4, 0.5) is 0 Å². The monoisotopic (exact) mass is 199 g/mol. The zero-order valence-electron chi connectivity index (χ0n) is 10.0. The summed E-state index contributed by atoms with van der Waals surface area (Å²) in [7, 11) is 2.21. The SMILES string of the molecule is CCC(N)CN1CC(C)N(C)C(C)C1. The van der Waals surface area contributed by atoms with Crippen LogP contribution < -0.4 is 5.73 Å². The highest BCUT2D eigenvalue weighted by molar-refractivity contribution is 4.84. The van der Waals surface area contributed by atoms with Crippen LogP contribution >= 0.6 is 0 Å². The van der Waals surface area contributed by atoms with E-state index in [9.17, 15) is 0 Å². The third-order valence-corrected chi connectivity index (χ3v) is 3.45. The van der Waals surface area contributed by atoms with Gasteiger partial charge in [0, 0.05) is 37.8 Å². The molecule has 0 aromatic carbocycles. The summed E-state index contributed by atoms with van der Waals surface area (Å²) in [5.74, 6) is 0. The van der Waals surface area contributed by atoms with Gasteiger partial charge < -0.3 is 5.73 Å². The van der Waals surface area contributed by atoms with Crippen molar-refractivity contribution in [2.24, 2.45) is 5.73 Å². The van der Waals surface area contributed by atoms with E-state index in [2.05, 4.69) is 37.6 Å². The second kappa shape index (κ2) is 5.10. The van der Waals surface area contributed by atoms with Crippen molar-refractivity contribution in [1.29, 1.82) is 0 Å². The summed E-state index contributed by atoms with van der Waals surface area (Å²) in [6.07, 6.45) is 1.08. The van der Waals surface area contributed by atoms with Gasteiger partial charge in [-0.2, -0.15) is 0 Å². The van der Waals surface area contributed by atoms with Crippen molar-refractivity contribution in [2.45, 2.75) is 45.3 Å². The molecule has 1 rings (SSSR count). The Morgan fingerprint density at radius 2 is 1.79 bits per heavy atom. The molecule has 0 spiro atoms. The predicted octanol–water partition coefficient (Wildman–Crippen LogP) is 0.748. The van der Waals surface area contributed by atoms with Crippen LogP contribution in [0.5, 0.6) is 0 Å². The average molecular weight is 199 g/mol. The molecule has 2 N–H and O–H groups in total. The molecule has 84 valence electrons. The summed E-state index contributed by atoms with van der Waals surface area (Å²) < 4.78 is 0. The van der Waals surface area contributed by atoms with E-state index in [0.717, 1.165) is 26.1 Å². The van der Waals surface area contributed by atoms with E-state index in [1.165, 1.54) is 0 Å². The Labute approximate surface area is 88.2 Å². The standard InChI is InChI=1S/C11H25N3/c1-5-11(12)8-14-6-9(2)13(4)10(3)7-14/h9-11H,5-8,12H2,1-4H3. The fourth-order valence-electron chi connectivity index (χ4n) is 2.12. The maximum absolute atomic E-state index is 5.97. The second-order valence-electron chi connectivity index (χ2n) is 4.75. The highest BCUT2D eigenvalue weighted by Gasteiger charge is 2.26. The average Bonchev–Trinajstić information content (AvgIpc) is 2.14. The molecule has 3 heteroatoms. The van der Waals surface area contributed by atoms with Gasteiger partial charge in [0.1, 0.15) is 0 Å². The van der Waals surface area contributed by atoms with Crippen LogP contribution in [-0.2, 0) is 0 Å². The van der Waals surface area contributed by atoms with E-state index in [1.54, 1.807) is 0 Å². The molecular formula is C11H25N3. The maximum Gasteiger partial charge on any atom is 0.0195 e. The number of nitrogens with two attached hydrogens (primary N) is 1. The minimum atomic E-state index is 0.345. The third kappa shape index (κ3) is 2.94. The summed E-state index contributed by atoms with van der Waals surface area (Å²) in [6.45, 7) is 10.1. The van der Waals surface area contributed by atoms with E-state index in [-0.39, 0.29) is 0 Å². The lowest BCUT2D eigenvalue weighted by atomic mass is 10.1. The molecule has 0 radical (unpaired) electrons. The smallest absolute Gasteiger partial charge is 0.0195 e. The molecule has 0 aliphatic carbocycles. The van der Waals surface area contributed by atoms with Crippen LogP contribution in [-0.4, -0.2) is 54.6 Å². The zero-order valence-corrected chi connectivity index (χ0v) is 10.0. The van der Waals surface area contributed by atoms with Crippen molar-refractivity contribution in [1.82, 2.24) is 9.80 Å². The first-order valence-corrected chi connectivity index (χ1v) is 5.74. The van der Waals surface area contributed by atoms with Gasteiger partial charge in [-0.05, 0) is 27.3 Å². The molecular weight excluding hydrogens is 174 g/mol. The molecule has 1 heterocycles. The first-order valence-electron chi connectivity index (χ1n) is 5.74. The van der Waals surface area contributed by atoms with Crippen LogP contribution in [0.15, 0.2) is 0 Å². The van der Waals surface area contributed by atoms with Crippen LogP contribution in [0.1, 0.15) is 27.2 Å². The van der Waals surface area contributed by atoms with E-state index in [4.69, 9.17) is 5.73 Å². The van der Waals surface area contributed by atoms with E-state index < -0.39 is 0 Å². The van der Waals surface area contributed by atoms with E-state index in [0.29, 0.717) is 18.1 Å². The lowest BCUT2D eigenvalue weighted by Crippen LogP contribution is -2.56. The minimum Gasteiger partial charge on any atom is -0.327 e. The number of hydrogen-bond donors (Lipinski definition) is 1. The molecule has 14 heavy (non-hydrogen) atoms. The Kier molecular flexibility index (Phi) is 4.35. The number of rotatable bonds is 3. The van der Waals surface area contributed by atoms with Gasteiger partial charge in [0.05, 0.1) is 0 Å². The summed E-state index contributed by atoms with van der Waals surface area (Å²) in [5.41, 5.74) is 5.97. The molecule has 1 saturated heterocycles. The Morgan fingerprint density at radius 3 is 2.21 bits per heavy atom. The van der Waals surface area contributed by atoms with Crippen LogP contribution in [0, 0.1) is 0 Å². The molecule has 0 bridgehead atoms. The summed E-state index contributed by atoms with van der Waals surface area (Å²) in [5, 5.41) is 0. The van der Waals surface area contributed by atoms with Crippen LogP contribution in [0.2, 0.25) is 0 Å². The van der Waals surface area contributed by atoms with Gasteiger partial charge in [0.25, 0.3) is 0 Å². The van der Waals surface area contributed by atoms with Crippen molar-refractivity contribution in [3.8, 4) is 0 Å². The minimum absolute atomic E-state index is 0.345. The van der Waals surface area contributed by atoms with Gasteiger partial charge >= 0.3 is 0 Å². The molecule has 0 amide bonds. The Balaban J connectivity index is 2.41. The van der Waals surface area contributed by atoms with E-state index >= 15 is 0 Å². The highest BCUT2D eigenvalue weighted by Crippen LogP contribution is 2.13. The van der Waals surface area contributed by atoms with Gasteiger partial charge in [0.2, 0.25) is 0 Å². The van der Waals surface area contributed by atoms with Gasteiger partial charge in [-0.1, -0.05) is 6.92 Å². The van der Waals surface area contributed by atoms with Crippen molar-refractivity contribution >= 4 is 0 Å². The van der Waals surface area contributed by atoms with Crippen molar-refractivity contribution in [3.63, 3.8) is 0 Å². The first-order chi connectivity index (χ1) is 6.54. The highest BCUT2D eigenvalue weighted by atomic mass is 15.3. The topological polar surface area (TPSA) is 32.5 Å². The summed E-state index contributed by atoms with van der Waals surface area (Å²) in [4.78, 5) is 4.96. The van der Waals surface area contributed by atoms with Gasteiger partial charge in [-0.25, -0.2) is 0 Å². The lowest BCUT2D eigenvalue weighted by Gasteiger charge is -2.43. The number of nitrogens with zero attached hydrogens (tertiary/aromatic N) is 2. The maximum atomic E-state index is 5.97. The summed E-state index contributed by atoms with van der Waals surface area (Å²) in [6, 6.07) is 1.66. The quantitative estimate of drug-likeness (QED) is 0.728. The molecule has 0 saturated carbocycles. The lowest BCUT2D eigenvalue weighted by molar-refractivity contribution is 0.0565. The van der Waals surface area contributed by atoms with E-state index in [1.807, 2.05) is 0 Å². The molecule has 3 unspecified atom stereocenters. The number of likely N-dealkylation sites (N-methyl/N-ethyl adjacent to an activating group) is 1. The van der Waals surface area contributed by atoms with Crippen LogP contribution in [0.25, 0.3) is 0 Å². The van der Waals surface area contributed by atoms with Gasteiger partial charge in [0.15, 0.2) is 0 Å². The Hall–Kier alpha value is -0.120. The zero-order chi connectivity index (χ0) is 10.7. The fraction of sp³-hybridized carbons (Fsp3) is 1.00.